The van der Waals surface area contributed by atoms with Gasteiger partial charge in [0.05, 0.1) is 6.04 Å². The number of nitrogens with one attached hydrogen (secondary N) is 3. The smallest absolute Gasteiger partial charge is 0.315 e. The van der Waals surface area contributed by atoms with Crippen LogP contribution >= 0.6 is 11.3 Å². The van der Waals surface area contributed by atoms with E-state index < -0.39 is 12.1 Å². The summed E-state index contributed by atoms with van der Waals surface area (Å²) >= 11 is 1.57. The number of thiophene rings is 1. The Hall–Kier alpha value is -2.09. The number of carbonyl (C=O) groups is 3. The molecule has 3 N–H and O–H groups in total. The number of nitrogens with zero attached hydrogens (tertiary/aromatic N) is 1. The molecule has 0 spiro atoms. The quantitative estimate of drug-likeness (QED) is 0.737. The van der Waals surface area contributed by atoms with Crippen LogP contribution < -0.4 is 16.0 Å². The summed E-state index contributed by atoms with van der Waals surface area (Å²) in [6.07, 6.45) is 0.964. The molecule has 2 saturated heterocycles. The molecular formula is C16H22N4O3S. The van der Waals surface area contributed by atoms with Crippen LogP contribution in [0.5, 0.6) is 0 Å². The molecule has 0 aliphatic carbocycles. The SMILES string of the molecule is CC(C)NC(=O)N[C@H]1C[C@H]2C(=O)N[C@@H](Cc3cccs3)C(=O)N2C1. The van der Waals surface area contributed by atoms with Gasteiger partial charge in [-0.2, -0.15) is 0 Å². The fourth-order valence-corrected chi connectivity index (χ4v) is 3.97. The summed E-state index contributed by atoms with van der Waals surface area (Å²) in [7, 11) is 0. The molecule has 4 amide bonds. The molecule has 3 heterocycles. The summed E-state index contributed by atoms with van der Waals surface area (Å²) in [5.41, 5.74) is 0. The van der Waals surface area contributed by atoms with Gasteiger partial charge < -0.3 is 20.9 Å². The van der Waals surface area contributed by atoms with E-state index >= 15 is 0 Å². The van der Waals surface area contributed by atoms with Gasteiger partial charge in [0.1, 0.15) is 12.1 Å². The zero-order valence-corrected chi connectivity index (χ0v) is 14.6. The molecule has 0 aromatic carbocycles. The van der Waals surface area contributed by atoms with E-state index in [4.69, 9.17) is 0 Å². The average Bonchev–Trinajstić information content (AvgIpc) is 3.13. The summed E-state index contributed by atoms with van der Waals surface area (Å²) in [6, 6.07) is 2.45. The lowest BCUT2D eigenvalue weighted by atomic mass is 10.0. The summed E-state index contributed by atoms with van der Waals surface area (Å²) in [5, 5.41) is 10.4. The maximum Gasteiger partial charge on any atom is 0.315 e. The predicted octanol–water partition coefficient (Wildman–Crippen LogP) is 0.466. The van der Waals surface area contributed by atoms with Gasteiger partial charge in [0, 0.05) is 23.9 Å². The fourth-order valence-electron chi connectivity index (χ4n) is 3.22. The Balaban J connectivity index is 1.63. The number of rotatable bonds is 4. The van der Waals surface area contributed by atoms with E-state index in [2.05, 4.69) is 16.0 Å². The highest BCUT2D eigenvalue weighted by atomic mass is 32.1. The van der Waals surface area contributed by atoms with E-state index in [9.17, 15) is 14.4 Å². The zero-order chi connectivity index (χ0) is 17.3. The third-order valence-electron chi connectivity index (χ3n) is 4.24. The van der Waals surface area contributed by atoms with Gasteiger partial charge in [0.15, 0.2) is 0 Å². The van der Waals surface area contributed by atoms with Gasteiger partial charge in [0.25, 0.3) is 0 Å². The lowest BCUT2D eigenvalue weighted by molar-refractivity contribution is -0.146. The van der Waals surface area contributed by atoms with Crippen LogP contribution in [0.15, 0.2) is 17.5 Å². The number of urea groups is 1. The maximum atomic E-state index is 12.7. The van der Waals surface area contributed by atoms with E-state index in [-0.39, 0.29) is 29.9 Å². The monoisotopic (exact) mass is 350 g/mol. The number of piperazine rings is 1. The van der Waals surface area contributed by atoms with E-state index in [1.807, 2.05) is 31.4 Å². The lowest BCUT2D eigenvalue weighted by Crippen LogP contribution is -2.61. The Kier molecular flexibility index (Phi) is 4.75. The Morgan fingerprint density at radius 3 is 2.92 bits per heavy atom. The van der Waals surface area contributed by atoms with Crippen LogP contribution in [-0.4, -0.2) is 53.5 Å². The molecule has 0 bridgehead atoms. The first kappa shape index (κ1) is 16.8. The van der Waals surface area contributed by atoms with Gasteiger partial charge in [-0.15, -0.1) is 11.3 Å². The summed E-state index contributed by atoms with van der Waals surface area (Å²) < 4.78 is 0. The maximum absolute atomic E-state index is 12.7. The zero-order valence-electron chi connectivity index (χ0n) is 13.7. The van der Waals surface area contributed by atoms with Gasteiger partial charge in [-0.3, -0.25) is 9.59 Å². The van der Waals surface area contributed by atoms with Crippen LogP contribution in [-0.2, 0) is 16.0 Å². The van der Waals surface area contributed by atoms with Gasteiger partial charge in [0.2, 0.25) is 11.8 Å². The third kappa shape index (κ3) is 3.53. The number of carbonyl (C=O) groups excluding carboxylic acids is 3. The summed E-state index contributed by atoms with van der Waals surface area (Å²) in [4.78, 5) is 39.5. The molecule has 1 aromatic heterocycles. The van der Waals surface area contributed by atoms with Crippen molar-refractivity contribution in [1.82, 2.24) is 20.9 Å². The van der Waals surface area contributed by atoms with Crippen molar-refractivity contribution in [3.8, 4) is 0 Å². The van der Waals surface area contributed by atoms with Crippen LogP contribution in [0, 0.1) is 0 Å². The van der Waals surface area contributed by atoms with Crippen LogP contribution in [0.4, 0.5) is 4.79 Å². The van der Waals surface area contributed by atoms with Gasteiger partial charge >= 0.3 is 6.03 Å². The van der Waals surface area contributed by atoms with Gasteiger partial charge in [-0.1, -0.05) is 6.07 Å². The molecule has 0 radical (unpaired) electrons. The lowest BCUT2D eigenvalue weighted by Gasteiger charge is -2.34. The third-order valence-corrected chi connectivity index (χ3v) is 5.14. The predicted molar refractivity (Wildman–Crippen MR) is 90.7 cm³/mol. The van der Waals surface area contributed by atoms with Crippen LogP contribution in [0.3, 0.4) is 0 Å². The van der Waals surface area contributed by atoms with E-state index in [1.165, 1.54) is 0 Å². The van der Waals surface area contributed by atoms with Gasteiger partial charge in [-0.05, 0) is 31.7 Å². The van der Waals surface area contributed by atoms with Crippen molar-refractivity contribution >= 4 is 29.2 Å². The van der Waals surface area contributed by atoms with Crippen molar-refractivity contribution in [2.75, 3.05) is 6.54 Å². The van der Waals surface area contributed by atoms with E-state index in [0.717, 1.165) is 4.88 Å². The molecule has 1 aromatic rings. The van der Waals surface area contributed by atoms with Crippen molar-refractivity contribution in [1.29, 1.82) is 0 Å². The minimum Gasteiger partial charge on any atom is -0.342 e. The molecule has 0 saturated carbocycles. The Morgan fingerprint density at radius 2 is 2.25 bits per heavy atom. The number of fused-ring (bicyclic) bond motifs is 1. The van der Waals surface area contributed by atoms with Crippen LogP contribution in [0.25, 0.3) is 0 Å². The molecule has 130 valence electrons. The minimum absolute atomic E-state index is 0.0362. The molecule has 8 heteroatoms. The number of hydrogen-bond acceptors (Lipinski definition) is 4. The van der Waals surface area contributed by atoms with Crippen molar-refractivity contribution < 1.29 is 14.4 Å². The van der Waals surface area contributed by atoms with E-state index in [1.54, 1.807) is 16.2 Å². The van der Waals surface area contributed by atoms with E-state index in [0.29, 0.717) is 19.4 Å². The van der Waals surface area contributed by atoms with Crippen LogP contribution in [0.1, 0.15) is 25.1 Å². The molecule has 2 fully saturated rings. The molecule has 0 unspecified atom stereocenters. The molecule has 7 nitrogen and oxygen atoms in total. The Labute approximate surface area is 144 Å². The molecular weight excluding hydrogens is 328 g/mol. The first-order valence-electron chi connectivity index (χ1n) is 8.14. The second-order valence-corrected chi connectivity index (χ2v) is 7.59. The highest BCUT2D eigenvalue weighted by Crippen LogP contribution is 2.24. The second-order valence-electron chi connectivity index (χ2n) is 6.56. The Bertz CT molecular complexity index is 631. The topological polar surface area (TPSA) is 90.5 Å². The summed E-state index contributed by atoms with van der Waals surface area (Å²) in [6.45, 7) is 4.14. The average molecular weight is 350 g/mol. The normalized spacial score (nSPS) is 26.3. The minimum atomic E-state index is -0.518. The first-order valence-corrected chi connectivity index (χ1v) is 9.02. The largest absolute Gasteiger partial charge is 0.342 e. The summed E-state index contributed by atoms with van der Waals surface area (Å²) in [5.74, 6) is -0.203. The fraction of sp³-hybridized carbons (Fsp3) is 0.562. The van der Waals surface area contributed by atoms with Gasteiger partial charge in [-0.25, -0.2) is 4.79 Å². The van der Waals surface area contributed by atoms with Crippen molar-refractivity contribution in [3.05, 3.63) is 22.4 Å². The second kappa shape index (κ2) is 6.80. The van der Waals surface area contributed by atoms with Crippen LogP contribution in [0.2, 0.25) is 0 Å². The number of hydrogen-bond donors (Lipinski definition) is 3. The highest BCUT2D eigenvalue weighted by molar-refractivity contribution is 7.09. The first-order chi connectivity index (χ1) is 11.4. The molecule has 3 atom stereocenters. The molecule has 3 rings (SSSR count). The standard InChI is InChI=1S/C16H22N4O3S/c1-9(2)17-16(23)18-10-6-13-14(21)19-12(15(22)20(13)8-10)7-11-4-3-5-24-11/h3-5,9-10,12-13H,6-8H2,1-2H3,(H,19,21)(H2,17,18,23)/t10-,12-,13-/m0/s1. The van der Waals surface area contributed by atoms with Crippen molar-refractivity contribution in [3.63, 3.8) is 0 Å². The molecule has 24 heavy (non-hydrogen) atoms. The van der Waals surface area contributed by atoms with Crippen molar-refractivity contribution in [2.45, 2.75) is 50.9 Å². The Morgan fingerprint density at radius 1 is 1.46 bits per heavy atom. The number of amides is 4. The molecule has 2 aliphatic rings. The van der Waals surface area contributed by atoms with Crippen molar-refractivity contribution in [2.24, 2.45) is 0 Å². The molecule has 2 aliphatic heterocycles. The highest BCUT2D eigenvalue weighted by Gasteiger charge is 2.46.